The lowest BCUT2D eigenvalue weighted by Gasteiger charge is -2.23. The summed E-state index contributed by atoms with van der Waals surface area (Å²) in [7, 11) is -1.72. The van der Waals surface area contributed by atoms with Gasteiger partial charge in [-0.3, -0.25) is 9.59 Å². The van der Waals surface area contributed by atoms with Crippen LogP contribution in [0.4, 0.5) is 8.78 Å². The summed E-state index contributed by atoms with van der Waals surface area (Å²) in [5, 5.41) is 4.51. The highest BCUT2D eigenvalue weighted by molar-refractivity contribution is 7.89. The van der Waals surface area contributed by atoms with Gasteiger partial charge in [0.15, 0.2) is 6.29 Å². The van der Waals surface area contributed by atoms with Crippen LogP contribution in [0.5, 0.6) is 0 Å². The third-order valence-corrected chi connectivity index (χ3v) is 5.93. The van der Waals surface area contributed by atoms with Crippen molar-refractivity contribution in [1.29, 1.82) is 0 Å². The van der Waals surface area contributed by atoms with E-state index < -0.39 is 50.9 Å². The van der Waals surface area contributed by atoms with Crippen LogP contribution < -0.4 is 10.6 Å². The molecule has 1 aliphatic rings. The Bertz CT molecular complexity index is 849. The van der Waals surface area contributed by atoms with Crippen molar-refractivity contribution in [3.8, 4) is 0 Å². The smallest absolute Gasteiger partial charge is 0.309 e. The average Bonchev–Trinajstić information content (AvgIpc) is 3.18. The molecule has 162 valence electrons. The highest BCUT2D eigenvalue weighted by atomic mass is 32.2. The molecular formula is C16H21F2N3O7S. The van der Waals surface area contributed by atoms with Gasteiger partial charge >= 0.3 is 11.8 Å². The maximum Gasteiger partial charge on any atom is 0.309 e. The Balaban J connectivity index is 2.00. The second kappa shape index (κ2) is 10.0. The van der Waals surface area contributed by atoms with E-state index in [1.165, 1.54) is 14.2 Å². The van der Waals surface area contributed by atoms with E-state index in [9.17, 15) is 26.8 Å². The Morgan fingerprint density at radius 2 is 1.90 bits per heavy atom. The summed E-state index contributed by atoms with van der Waals surface area (Å²) >= 11 is 0. The molecule has 0 aromatic heterocycles. The number of carbonyl (C=O) groups excluding carboxylic acids is 2. The second-order valence-corrected chi connectivity index (χ2v) is 7.70. The van der Waals surface area contributed by atoms with Crippen LogP contribution in [-0.4, -0.2) is 77.5 Å². The molecule has 0 aliphatic carbocycles. The first-order valence-corrected chi connectivity index (χ1v) is 9.84. The second-order valence-electron chi connectivity index (χ2n) is 5.84. The van der Waals surface area contributed by atoms with E-state index in [1.807, 2.05) is 0 Å². The molecule has 2 amide bonds. The number of benzene rings is 1. The number of rotatable bonds is 8. The molecule has 1 aromatic carbocycles. The van der Waals surface area contributed by atoms with Crippen LogP contribution >= 0.6 is 0 Å². The van der Waals surface area contributed by atoms with Crippen LogP contribution in [0.15, 0.2) is 23.1 Å². The molecule has 1 atom stereocenters. The Kier molecular flexibility index (Phi) is 7.98. The van der Waals surface area contributed by atoms with E-state index in [2.05, 4.69) is 10.6 Å². The minimum absolute atomic E-state index is 0.0216. The van der Waals surface area contributed by atoms with Crippen LogP contribution in [-0.2, 0) is 33.8 Å². The number of hydrogen-bond acceptors (Lipinski definition) is 7. The van der Waals surface area contributed by atoms with Gasteiger partial charge in [0.2, 0.25) is 10.0 Å². The molecule has 1 aromatic rings. The van der Waals surface area contributed by atoms with Crippen LogP contribution in [0.2, 0.25) is 0 Å². The highest BCUT2D eigenvalue weighted by Crippen LogP contribution is 2.24. The maximum atomic E-state index is 13.9. The molecule has 2 N–H and O–H groups in total. The molecule has 1 aliphatic heterocycles. The van der Waals surface area contributed by atoms with Crippen LogP contribution in [0, 0.1) is 11.6 Å². The number of halogens is 2. The van der Waals surface area contributed by atoms with Crippen molar-refractivity contribution in [1.82, 2.24) is 14.9 Å². The fraction of sp³-hybridized carbons (Fsp3) is 0.500. The van der Waals surface area contributed by atoms with Crippen molar-refractivity contribution >= 4 is 21.8 Å². The van der Waals surface area contributed by atoms with Crippen LogP contribution in [0.1, 0.15) is 0 Å². The Morgan fingerprint density at radius 3 is 2.55 bits per heavy atom. The number of hydrogen-bond donors (Lipinski definition) is 2. The van der Waals surface area contributed by atoms with Gasteiger partial charge in [-0.05, 0) is 18.2 Å². The monoisotopic (exact) mass is 437 g/mol. The Hall–Kier alpha value is -2.19. The molecule has 0 radical (unpaired) electrons. The van der Waals surface area contributed by atoms with Gasteiger partial charge in [0.05, 0.1) is 19.7 Å². The van der Waals surface area contributed by atoms with Gasteiger partial charge in [-0.25, -0.2) is 17.2 Å². The Morgan fingerprint density at radius 1 is 1.24 bits per heavy atom. The lowest BCUT2D eigenvalue weighted by atomic mass is 10.3. The van der Waals surface area contributed by atoms with Crippen molar-refractivity contribution < 1.29 is 41.0 Å². The van der Waals surface area contributed by atoms with Crippen molar-refractivity contribution in [2.45, 2.75) is 17.4 Å². The molecule has 0 saturated carbocycles. The zero-order chi connectivity index (χ0) is 21.6. The number of ether oxygens (including phenoxy) is 3. The minimum Gasteiger partial charge on any atom is -0.359 e. The number of carbonyl (C=O) groups is 2. The van der Waals surface area contributed by atoms with E-state index in [0.717, 1.165) is 10.4 Å². The van der Waals surface area contributed by atoms with E-state index in [1.54, 1.807) is 0 Å². The first-order valence-electron chi connectivity index (χ1n) is 8.40. The summed E-state index contributed by atoms with van der Waals surface area (Å²) in [6, 6.07) is 2.06. The molecule has 0 spiro atoms. The predicted molar refractivity (Wildman–Crippen MR) is 93.8 cm³/mol. The SMILES string of the molecule is COC(CNC(=O)C(=O)NC[C@H]1OCCN1S(=O)(=O)c1cc(F)ccc1F)OC. The number of sulfonamides is 1. The van der Waals surface area contributed by atoms with Gasteiger partial charge in [-0.15, -0.1) is 0 Å². The third kappa shape index (κ3) is 5.67. The lowest BCUT2D eigenvalue weighted by molar-refractivity contribution is -0.142. The summed E-state index contributed by atoms with van der Waals surface area (Å²) in [5.74, 6) is -4.07. The molecule has 0 unspecified atom stereocenters. The van der Waals surface area contributed by atoms with E-state index >= 15 is 0 Å². The molecule has 2 rings (SSSR count). The van der Waals surface area contributed by atoms with Crippen LogP contribution in [0.25, 0.3) is 0 Å². The van der Waals surface area contributed by atoms with Gasteiger partial charge in [0, 0.05) is 20.8 Å². The number of methoxy groups -OCH3 is 2. The number of nitrogens with one attached hydrogen (secondary N) is 2. The molecule has 13 heteroatoms. The maximum absolute atomic E-state index is 13.9. The zero-order valence-corrected chi connectivity index (χ0v) is 16.5. The van der Waals surface area contributed by atoms with Gasteiger partial charge in [0.25, 0.3) is 0 Å². The predicted octanol–water partition coefficient (Wildman–Crippen LogP) is -0.837. The highest BCUT2D eigenvalue weighted by Gasteiger charge is 2.38. The van der Waals surface area contributed by atoms with Gasteiger partial charge in [-0.2, -0.15) is 4.31 Å². The summed E-state index contributed by atoms with van der Waals surface area (Å²) in [4.78, 5) is 22.8. The van der Waals surface area contributed by atoms with Gasteiger partial charge in [-0.1, -0.05) is 0 Å². The zero-order valence-electron chi connectivity index (χ0n) is 15.7. The normalized spacial score (nSPS) is 17.5. The van der Waals surface area contributed by atoms with Gasteiger partial charge < -0.3 is 24.8 Å². The fourth-order valence-electron chi connectivity index (χ4n) is 2.52. The molecule has 1 heterocycles. The van der Waals surface area contributed by atoms with E-state index in [4.69, 9.17) is 14.2 Å². The van der Waals surface area contributed by atoms with E-state index in [-0.39, 0.29) is 26.2 Å². The molecule has 1 saturated heterocycles. The third-order valence-electron chi connectivity index (χ3n) is 4.02. The molecular weight excluding hydrogens is 416 g/mol. The average molecular weight is 437 g/mol. The molecule has 0 bridgehead atoms. The first-order chi connectivity index (χ1) is 13.7. The number of amides is 2. The summed E-state index contributed by atoms with van der Waals surface area (Å²) < 4.78 is 68.4. The first kappa shape index (κ1) is 23.1. The van der Waals surface area contributed by atoms with Crippen molar-refractivity contribution in [3.05, 3.63) is 29.8 Å². The van der Waals surface area contributed by atoms with Crippen LogP contribution in [0.3, 0.4) is 0 Å². The molecule has 10 nitrogen and oxygen atoms in total. The molecule has 29 heavy (non-hydrogen) atoms. The van der Waals surface area contributed by atoms with Crippen molar-refractivity contribution in [2.75, 3.05) is 40.5 Å². The summed E-state index contributed by atoms with van der Waals surface area (Å²) in [6.07, 6.45) is -1.93. The van der Waals surface area contributed by atoms with Gasteiger partial charge in [0.1, 0.15) is 22.8 Å². The molecule has 1 fully saturated rings. The fourth-order valence-corrected chi connectivity index (χ4v) is 4.11. The van der Waals surface area contributed by atoms with Crippen molar-refractivity contribution in [2.24, 2.45) is 0 Å². The van der Waals surface area contributed by atoms with Crippen molar-refractivity contribution in [3.63, 3.8) is 0 Å². The summed E-state index contributed by atoms with van der Waals surface area (Å²) in [5.41, 5.74) is 0. The topological polar surface area (TPSA) is 123 Å². The Labute approximate surface area is 166 Å². The standard InChI is InChI=1S/C16H21F2N3O7S/c1-26-14(27-2)9-20-16(23)15(22)19-8-13-21(5-6-28-13)29(24,25)12-7-10(17)3-4-11(12)18/h3-4,7,13-14H,5-6,8-9H2,1-2H3,(H,19,22)(H,20,23)/t13-/m1/s1. The largest absolute Gasteiger partial charge is 0.359 e. The quantitative estimate of drug-likeness (QED) is 0.402. The minimum atomic E-state index is -4.43. The van der Waals surface area contributed by atoms with E-state index in [0.29, 0.717) is 12.1 Å². The number of nitrogens with zero attached hydrogens (tertiary/aromatic N) is 1. The lowest BCUT2D eigenvalue weighted by Crippen LogP contribution is -2.48. The summed E-state index contributed by atoms with van der Waals surface area (Å²) in [6.45, 7) is -0.612.